The average Bonchev–Trinajstić information content (AvgIpc) is 3.23. The number of hydrogen-bond acceptors (Lipinski definition) is 16. The Morgan fingerprint density at radius 1 is 0.877 bits per heavy atom. The SMILES string of the molecule is CC[C@H]1OC(=O)[C@H](C)[C@@H](O[C@H]2C[C@@](C)(OC)[C@](O)(CN(C)CCN(C)C)[C@H](C)O2)[C@H](C)[C@@H](O[C@@H]2O[C@H](C)C[C@H](N(C)C)[C@H]2Oc2ccccc2)[C@](C)(O)C[C@@H](C)CN[C@H](C)[C@@H](O)[C@]1(C)O. The molecule has 65 heavy (non-hydrogen) atoms. The number of carbonyl (C=O) groups excluding carboxylic acids is 1. The van der Waals surface area contributed by atoms with Crippen LogP contribution in [0.4, 0.5) is 0 Å². The van der Waals surface area contributed by atoms with E-state index in [1.54, 1.807) is 41.7 Å². The standard InChI is InChI=1S/C49H88N4O12/c1-17-38-48(10,57)42(54)34(6)50-28-30(2)26-46(8,56)43(65-45-41(62-36-21-19-18-20-22-36)37(52(13)14)25-31(3)60-45)32(4)40(33(5)44(55)63-38)64-39-27-47(9,59-16)49(58,35(7)61-39)29-53(15)24-23-51(11)12/h18-22,30-35,37-43,45,50,54,56-58H,17,23-29H2,1-16H3/t30-,31-,32+,33-,34-,35+,37+,38-,39+,40+,41-,42-,43-,45+,46-,47-,48-,49+/m1/s1. The number of nitrogens with zero attached hydrogens (tertiary/aromatic N) is 3. The molecule has 16 nitrogen and oxygen atoms in total. The smallest absolute Gasteiger partial charge is 0.311 e. The summed E-state index contributed by atoms with van der Waals surface area (Å²) in [5, 5.41) is 52.1. The number of para-hydroxylation sites is 1. The molecule has 4 rings (SSSR count). The van der Waals surface area contributed by atoms with E-state index in [2.05, 4.69) is 20.0 Å². The van der Waals surface area contributed by atoms with Gasteiger partial charge in [0, 0.05) is 45.1 Å². The highest BCUT2D eigenvalue weighted by Gasteiger charge is 2.59. The minimum absolute atomic E-state index is 0.0958. The maximum absolute atomic E-state index is 14.6. The molecular weight excluding hydrogens is 837 g/mol. The molecule has 376 valence electrons. The molecule has 0 unspecified atom stereocenters. The van der Waals surface area contributed by atoms with Crippen molar-refractivity contribution in [2.75, 3.05) is 68.5 Å². The lowest BCUT2D eigenvalue weighted by atomic mass is 9.75. The van der Waals surface area contributed by atoms with Crippen molar-refractivity contribution in [2.45, 2.75) is 185 Å². The van der Waals surface area contributed by atoms with E-state index in [9.17, 15) is 25.2 Å². The number of aliphatic hydroxyl groups excluding tert-OH is 1. The largest absolute Gasteiger partial charge is 0.483 e. The zero-order valence-corrected chi connectivity index (χ0v) is 42.5. The first-order chi connectivity index (χ1) is 30.2. The Balaban J connectivity index is 1.84. The second-order valence-corrected chi connectivity index (χ2v) is 21.0. The lowest BCUT2D eigenvalue weighted by molar-refractivity contribution is -0.338. The highest BCUT2D eigenvalue weighted by Crippen LogP contribution is 2.44. The van der Waals surface area contributed by atoms with Gasteiger partial charge in [-0.05, 0) is 128 Å². The van der Waals surface area contributed by atoms with E-state index >= 15 is 0 Å². The summed E-state index contributed by atoms with van der Waals surface area (Å²) in [5.41, 5.74) is -6.01. The predicted octanol–water partition coefficient (Wildman–Crippen LogP) is 3.51. The number of rotatable bonds is 14. The van der Waals surface area contributed by atoms with Gasteiger partial charge in [0.05, 0.1) is 42.0 Å². The van der Waals surface area contributed by atoms with E-state index in [0.717, 1.165) is 6.54 Å². The van der Waals surface area contributed by atoms with Crippen molar-refractivity contribution in [1.82, 2.24) is 20.0 Å². The van der Waals surface area contributed by atoms with Gasteiger partial charge in [-0.1, -0.05) is 39.0 Å². The van der Waals surface area contributed by atoms with Crippen molar-refractivity contribution in [3.8, 4) is 5.75 Å². The number of carbonyl (C=O) groups is 1. The number of methoxy groups -OCH3 is 1. The van der Waals surface area contributed by atoms with Crippen LogP contribution >= 0.6 is 0 Å². The van der Waals surface area contributed by atoms with Gasteiger partial charge >= 0.3 is 5.97 Å². The summed E-state index contributed by atoms with van der Waals surface area (Å²) in [6, 6.07) is 8.77. The summed E-state index contributed by atoms with van der Waals surface area (Å²) >= 11 is 0. The molecule has 5 N–H and O–H groups in total. The van der Waals surface area contributed by atoms with Crippen LogP contribution < -0.4 is 10.1 Å². The lowest BCUT2D eigenvalue weighted by Crippen LogP contribution is -2.70. The van der Waals surface area contributed by atoms with Crippen LogP contribution in [0.5, 0.6) is 5.75 Å². The zero-order valence-electron chi connectivity index (χ0n) is 42.5. The quantitative estimate of drug-likeness (QED) is 0.171. The Labute approximate surface area is 390 Å². The molecule has 0 spiro atoms. The molecule has 3 saturated heterocycles. The molecule has 0 saturated carbocycles. The van der Waals surface area contributed by atoms with Crippen LogP contribution in [-0.4, -0.2) is 199 Å². The summed E-state index contributed by atoms with van der Waals surface area (Å²) < 4.78 is 46.5. The fraction of sp³-hybridized carbons (Fsp3) is 0.857. The van der Waals surface area contributed by atoms with Crippen molar-refractivity contribution in [3.05, 3.63) is 30.3 Å². The van der Waals surface area contributed by atoms with Gasteiger partial charge in [0.25, 0.3) is 0 Å². The number of aliphatic hydroxyl groups is 4. The molecule has 3 fully saturated rings. The highest BCUT2D eigenvalue weighted by atomic mass is 16.7. The minimum atomic E-state index is -1.82. The molecule has 3 aliphatic heterocycles. The fourth-order valence-corrected chi connectivity index (χ4v) is 10.3. The van der Waals surface area contributed by atoms with Crippen LogP contribution in [-0.2, 0) is 33.2 Å². The predicted molar refractivity (Wildman–Crippen MR) is 249 cm³/mol. The number of hydrogen-bond donors (Lipinski definition) is 5. The lowest BCUT2D eigenvalue weighted by Gasteiger charge is -2.54. The van der Waals surface area contributed by atoms with Gasteiger partial charge in [-0.15, -0.1) is 0 Å². The van der Waals surface area contributed by atoms with Gasteiger partial charge in [0.15, 0.2) is 18.7 Å². The Bertz CT molecular complexity index is 1610. The van der Waals surface area contributed by atoms with E-state index in [1.165, 1.54) is 6.92 Å². The van der Waals surface area contributed by atoms with E-state index in [0.29, 0.717) is 25.3 Å². The van der Waals surface area contributed by atoms with Gasteiger partial charge in [0.2, 0.25) is 0 Å². The molecule has 0 aliphatic carbocycles. The zero-order chi connectivity index (χ0) is 48.8. The Kier molecular flexibility index (Phi) is 19.7. The van der Waals surface area contributed by atoms with E-state index in [4.69, 9.17) is 33.2 Å². The second kappa shape index (κ2) is 23.1. The molecular formula is C49H88N4O12. The van der Waals surface area contributed by atoms with Crippen molar-refractivity contribution in [1.29, 1.82) is 0 Å². The van der Waals surface area contributed by atoms with Gasteiger partial charge in [0.1, 0.15) is 34.8 Å². The highest BCUT2D eigenvalue weighted by molar-refractivity contribution is 5.73. The number of ether oxygens (including phenoxy) is 7. The maximum atomic E-state index is 14.6. The topological polar surface area (TPSA) is 184 Å². The van der Waals surface area contributed by atoms with Crippen LogP contribution in [0, 0.1) is 17.8 Å². The van der Waals surface area contributed by atoms with Gasteiger partial charge in [-0.2, -0.15) is 0 Å². The van der Waals surface area contributed by atoms with Gasteiger partial charge < -0.3 is 73.6 Å². The molecule has 0 amide bonds. The van der Waals surface area contributed by atoms with Crippen LogP contribution in [0.3, 0.4) is 0 Å². The number of likely N-dealkylation sites (N-methyl/N-ethyl adjacent to an activating group) is 3. The summed E-state index contributed by atoms with van der Waals surface area (Å²) in [6.45, 7) is 20.1. The molecule has 0 radical (unpaired) electrons. The summed E-state index contributed by atoms with van der Waals surface area (Å²) in [6.07, 6.45) is -6.87. The van der Waals surface area contributed by atoms with Gasteiger partial charge in [-0.25, -0.2) is 0 Å². The van der Waals surface area contributed by atoms with Crippen LogP contribution in [0.2, 0.25) is 0 Å². The molecule has 1 aromatic rings. The van der Waals surface area contributed by atoms with Crippen molar-refractivity contribution >= 4 is 5.97 Å². The van der Waals surface area contributed by atoms with Crippen LogP contribution in [0.1, 0.15) is 94.9 Å². The number of nitrogens with one attached hydrogen (secondary N) is 1. The third-order valence-electron chi connectivity index (χ3n) is 14.6. The third kappa shape index (κ3) is 13.4. The first-order valence-corrected chi connectivity index (χ1v) is 23.9. The van der Waals surface area contributed by atoms with Gasteiger partial charge in [-0.3, -0.25) is 4.79 Å². The first-order valence-electron chi connectivity index (χ1n) is 23.9. The number of esters is 1. The van der Waals surface area contributed by atoms with Crippen molar-refractivity contribution < 1.29 is 58.4 Å². The summed E-state index contributed by atoms with van der Waals surface area (Å²) in [4.78, 5) is 20.9. The minimum Gasteiger partial charge on any atom is -0.483 e. The number of cyclic esters (lactones) is 1. The van der Waals surface area contributed by atoms with Crippen molar-refractivity contribution in [3.63, 3.8) is 0 Å². The number of benzene rings is 1. The Hall–Kier alpha value is -2.03. The normalized spacial score (nSPS) is 43.0. The Morgan fingerprint density at radius 3 is 2.11 bits per heavy atom. The molecule has 16 heteroatoms. The second-order valence-electron chi connectivity index (χ2n) is 21.0. The molecule has 0 bridgehead atoms. The molecule has 0 aromatic heterocycles. The van der Waals surface area contributed by atoms with Crippen molar-refractivity contribution in [2.24, 2.45) is 17.8 Å². The average molecular weight is 925 g/mol. The van der Waals surface area contributed by atoms with E-state index in [1.807, 2.05) is 93.3 Å². The van der Waals surface area contributed by atoms with E-state index < -0.39 is 95.5 Å². The maximum Gasteiger partial charge on any atom is 0.311 e. The monoisotopic (exact) mass is 925 g/mol. The van der Waals surface area contributed by atoms with E-state index in [-0.39, 0.29) is 43.9 Å². The fourth-order valence-electron chi connectivity index (χ4n) is 10.3. The molecule has 1 aromatic carbocycles. The Morgan fingerprint density at radius 2 is 1.52 bits per heavy atom. The van der Waals surface area contributed by atoms with Crippen LogP contribution in [0.15, 0.2) is 30.3 Å². The van der Waals surface area contributed by atoms with Crippen LogP contribution in [0.25, 0.3) is 0 Å². The molecule has 18 atom stereocenters. The molecule has 3 heterocycles. The summed E-state index contributed by atoms with van der Waals surface area (Å²) in [5.74, 6) is -2.00. The third-order valence-corrected chi connectivity index (χ3v) is 14.6. The first kappa shape index (κ1) is 55.6. The summed E-state index contributed by atoms with van der Waals surface area (Å²) in [7, 11) is 11.5. The molecule has 3 aliphatic rings.